The van der Waals surface area contributed by atoms with Crippen molar-refractivity contribution in [1.82, 2.24) is 0 Å². The van der Waals surface area contributed by atoms with E-state index >= 15 is 0 Å². The number of hydrogen-bond donors (Lipinski definition) is 1. The highest BCUT2D eigenvalue weighted by Gasteiger charge is 2.02. The Hall–Kier alpha value is 0.177. The molecular weight excluding hydrogens is 162 g/mol. The number of rotatable bonds is 8. The molecule has 0 aliphatic heterocycles. The number of hydrogen-bond acceptors (Lipinski definition) is 1. The maximum atomic E-state index is 6.09. The molecule has 2 N–H and O–H groups in total. The summed E-state index contributed by atoms with van der Waals surface area (Å²) in [4.78, 5) is 0. The van der Waals surface area contributed by atoms with E-state index in [0.717, 1.165) is 0 Å². The molecule has 0 heterocycles. The van der Waals surface area contributed by atoms with Crippen molar-refractivity contribution in [1.29, 1.82) is 0 Å². The van der Waals surface area contributed by atoms with Crippen molar-refractivity contribution >= 4 is 8.96 Å². The molecule has 0 aliphatic carbocycles. The topological polar surface area (TPSA) is 26.0 Å². The van der Waals surface area contributed by atoms with E-state index in [1.54, 1.807) is 0 Å². The summed E-state index contributed by atoms with van der Waals surface area (Å²) >= 11 is 0. The minimum atomic E-state index is -0.765. The lowest BCUT2D eigenvalue weighted by molar-refractivity contribution is 0.745. The zero-order valence-electron chi connectivity index (χ0n) is 8.81. The second-order valence-electron chi connectivity index (χ2n) is 3.75. The molecule has 0 aromatic carbocycles. The molecule has 0 aromatic rings. The minimum Gasteiger partial charge on any atom is -0.353 e. The molecule has 0 rings (SSSR count). The molecule has 0 spiro atoms. The highest BCUT2D eigenvalue weighted by atomic mass is 28.3. The van der Waals surface area contributed by atoms with E-state index < -0.39 is 8.96 Å². The summed E-state index contributed by atoms with van der Waals surface area (Å²) < 4.78 is 0. The molecule has 0 bridgehead atoms. The van der Waals surface area contributed by atoms with E-state index in [2.05, 4.69) is 13.8 Å². The standard InChI is InChI=1S/C10H25NSi/c1-3-5-7-9-12(11)10-8-6-4-2/h12H,3-11H2,1-2H3. The summed E-state index contributed by atoms with van der Waals surface area (Å²) in [5.74, 6) is 0. The van der Waals surface area contributed by atoms with Crippen molar-refractivity contribution < 1.29 is 0 Å². The Morgan fingerprint density at radius 3 is 1.58 bits per heavy atom. The van der Waals surface area contributed by atoms with Gasteiger partial charge in [0.25, 0.3) is 0 Å². The fourth-order valence-electron chi connectivity index (χ4n) is 1.46. The zero-order valence-corrected chi connectivity index (χ0v) is 9.97. The number of unbranched alkanes of at least 4 members (excludes halogenated alkanes) is 4. The van der Waals surface area contributed by atoms with Crippen LogP contribution in [0.3, 0.4) is 0 Å². The van der Waals surface area contributed by atoms with Gasteiger partial charge in [-0.2, -0.15) is 0 Å². The van der Waals surface area contributed by atoms with Crippen LogP contribution in [0.2, 0.25) is 12.1 Å². The lowest BCUT2D eigenvalue weighted by Crippen LogP contribution is -2.24. The fourth-order valence-corrected chi connectivity index (χ4v) is 3.37. The first-order valence-electron chi connectivity index (χ1n) is 5.56. The van der Waals surface area contributed by atoms with E-state index in [1.165, 1.54) is 50.6 Å². The molecule has 0 aromatic heterocycles. The van der Waals surface area contributed by atoms with Crippen molar-refractivity contribution in [3.63, 3.8) is 0 Å². The molecular formula is C10H25NSi. The Balaban J connectivity index is 3.04. The summed E-state index contributed by atoms with van der Waals surface area (Å²) in [7, 11) is -0.765. The molecule has 12 heavy (non-hydrogen) atoms. The molecule has 0 saturated heterocycles. The Morgan fingerprint density at radius 1 is 0.833 bits per heavy atom. The summed E-state index contributed by atoms with van der Waals surface area (Å²) in [6.45, 7) is 4.51. The van der Waals surface area contributed by atoms with E-state index in [-0.39, 0.29) is 0 Å². The van der Waals surface area contributed by atoms with Crippen LogP contribution >= 0.6 is 0 Å². The maximum absolute atomic E-state index is 6.09. The molecule has 0 aliphatic rings. The van der Waals surface area contributed by atoms with E-state index in [1.807, 2.05) is 0 Å². The smallest absolute Gasteiger partial charge is 0.106 e. The van der Waals surface area contributed by atoms with Crippen LogP contribution in [-0.4, -0.2) is 8.96 Å². The minimum absolute atomic E-state index is 0.765. The van der Waals surface area contributed by atoms with Gasteiger partial charge in [0.2, 0.25) is 0 Å². The normalized spacial score (nSPS) is 11.0. The van der Waals surface area contributed by atoms with Gasteiger partial charge in [-0.25, -0.2) is 0 Å². The SMILES string of the molecule is CCCCC[SiH](N)CCCCC. The zero-order chi connectivity index (χ0) is 9.23. The summed E-state index contributed by atoms with van der Waals surface area (Å²) in [6, 6.07) is 2.75. The summed E-state index contributed by atoms with van der Waals surface area (Å²) in [6.07, 6.45) is 8.20. The molecule has 0 atom stereocenters. The van der Waals surface area contributed by atoms with Crippen LogP contribution < -0.4 is 5.40 Å². The third-order valence-electron chi connectivity index (χ3n) is 2.36. The molecule has 2 heteroatoms. The molecule has 0 saturated carbocycles. The van der Waals surface area contributed by atoms with Crippen LogP contribution in [0.4, 0.5) is 0 Å². The first-order valence-corrected chi connectivity index (χ1v) is 7.86. The van der Waals surface area contributed by atoms with Crippen molar-refractivity contribution in [3.8, 4) is 0 Å². The van der Waals surface area contributed by atoms with Gasteiger partial charge in [0.1, 0.15) is 8.96 Å². The van der Waals surface area contributed by atoms with Gasteiger partial charge in [0.05, 0.1) is 0 Å². The predicted molar refractivity (Wildman–Crippen MR) is 60.0 cm³/mol. The fraction of sp³-hybridized carbons (Fsp3) is 1.00. The van der Waals surface area contributed by atoms with Gasteiger partial charge < -0.3 is 5.40 Å². The van der Waals surface area contributed by atoms with E-state index in [4.69, 9.17) is 5.40 Å². The maximum Gasteiger partial charge on any atom is 0.106 e. The lowest BCUT2D eigenvalue weighted by atomic mass is 10.3. The molecule has 0 unspecified atom stereocenters. The van der Waals surface area contributed by atoms with Crippen molar-refractivity contribution in [2.24, 2.45) is 5.40 Å². The average molecular weight is 187 g/mol. The summed E-state index contributed by atoms with van der Waals surface area (Å²) in [5, 5.41) is 6.09. The average Bonchev–Trinajstić information content (AvgIpc) is 2.06. The Morgan fingerprint density at radius 2 is 1.25 bits per heavy atom. The monoisotopic (exact) mass is 187 g/mol. The highest BCUT2D eigenvalue weighted by molar-refractivity contribution is 6.55. The van der Waals surface area contributed by atoms with Gasteiger partial charge in [-0.05, 0) is 12.1 Å². The second kappa shape index (κ2) is 9.27. The quantitative estimate of drug-likeness (QED) is 0.459. The van der Waals surface area contributed by atoms with Crippen molar-refractivity contribution in [2.75, 3.05) is 0 Å². The van der Waals surface area contributed by atoms with Gasteiger partial charge >= 0.3 is 0 Å². The third kappa shape index (κ3) is 8.28. The Bertz CT molecular complexity index is 75.9. The van der Waals surface area contributed by atoms with Crippen molar-refractivity contribution in [3.05, 3.63) is 0 Å². The second-order valence-corrected chi connectivity index (χ2v) is 6.43. The highest BCUT2D eigenvalue weighted by Crippen LogP contribution is 2.07. The molecule has 74 valence electrons. The Kier molecular flexibility index (Phi) is 9.40. The summed E-state index contributed by atoms with van der Waals surface area (Å²) in [5.41, 5.74) is 0. The third-order valence-corrected chi connectivity index (χ3v) is 4.66. The van der Waals surface area contributed by atoms with Gasteiger partial charge in [-0.1, -0.05) is 52.4 Å². The van der Waals surface area contributed by atoms with Crippen LogP contribution in [0.5, 0.6) is 0 Å². The van der Waals surface area contributed by atoms with Gasteiger partial charge in [-0.15, -0.1) is 0 Å². The van der Waals surface area contributed by atoms with Gasteiger partial charge in [0, 0.05) is 0 Å². The molecule has 0 fully saturated rings. The molecule has 0 radical (unpaired) electrons. The number of nitrogens with two attached hydrogens (primary N) is 1. The molecule has 0 amide bonds. The van der Waals surface area contributed by atoms with Crippen LogP contribution in [0.1, 0.15) is 52.4 Å². The van der Waals surface area contributed by atoms with Gasteiger partial charge in [0.15, 0.2) is 0 Å². The predicted octanol–water partition coefficient (Wildman–Crippen LogP) is 3.05. The lowest BCUT2D eigenvalue weighted by Gasteiger charge is -2.07. The van der Waals surface area contributed by atoms with Crippen LogP contribution in [0.25, 0.3) is 0 Å². The first kappa shape index (κ1) is 12.2. The van der Waals surface area contributed by atoms with Crippen LogP contribution in [0.15, 0.2) is 0 Å². The van der Waals surface area contributed by atoms with Crippen molar-refractivity contribution in [2.45, 2.75) is 64.5 Å². The first-order chi connectivity index (χ1) is 5.81. The van der Waals surface area contributed by atoms with Crippen LogP contribution in [-0.2, 0) is 0 Å². The van der Waals surface area contributed by atoms with Gasteiger partial charge in [-0.3, -0.25) is 0 Å². The largest absolute Gasteiger partial charge is 0.353 e. The molecule has 1 nitrogen and oxygen atoms in total. The van der Waals surface area contributed by atoms with Crippen LogP contribution in [0, 0.1) is 0 Å². The van der Waals surface area contributed by atoms with E-state index in [9.17, 15) is 0 Å². The van der Waals surface area contributed by atoms with E-state index in [0.29, 0.717) is 0 Å². The Labute approximate surface area is 79.4 Å².